The number of anilines is 2. The van der Waals surface area contributed by atoms with Crippen LogP contribution in [0.4, 0.5) is 11.4 Å². The average molecular weight is 288 g/mol. The first kappa shape index (κ1) is 15.1. The number of aryl methyl sites for hydroxylation is 1. The van der Waals surface area contributed by atoms with Crippen molar-refractivity contribution in [3.63, 3.8) is 0 Å². The molecular formula is C15H20N4O2. The number of hydrogen-bond donors (Lipinski definition) is 2. The third-order valence-electron chi connectivity index (χ3n) is 3.26. The SMILES string of the molecule is COCC(=O)Nc1ccc(NCc2cnn(C)c2C)cc1. The predicted molar refractivity (Wildman–Crippen MR) is 82.2 cm³/mol. The summed E-state index contributed by atoms with van der Waals surface area (Å²) in [5.41, 5.74) is 4.05. The van der Waals surface area contributed by atoms with Crippen molar-refractivity contribution < 1.29 is 9.53 Å². The average Bonchev–Trinajstić information content (AvgIpc) is 2.78. The minimum atomic E-state index is -0.163. The third kappa shape index (κ3) is 4.06. The first-order chi connectivity index (χ1) is 10.1. The maximum Gasteiger partial charge on any atom is 0.250 e. The summed E-state index contributed by atoms with van der Waals surface area (Å²) < 4.78 is 6.62. The molecule has 0 atom stereocenters. The standard InChI is InChI=1S/C15H20N4O2/c1-11-12(9-17-19(11)2)8-16-13-4-6-14(7-5-13)18-15(20)10-21-3/h4-7,9,16H,8,10H2,1-3H3,(H,18,20). The molecule has 1 amide bonds. The number of carbonyl (C=O) groups excluding carboxylic acids is 1. The van der Waals surface area contributed by atoms with Gasteiger partial charge in [0, 0.05) is 43.3 Å². The van der Waals surface area contributed by atoms with E-state index in [0.717, 1.165) is 29.2 Å². The van der Waals surface area contributed by atoms with Gasteiger partial charge in [-0.3, -0.25) is 9.48 Å². The first-order valence-electron chi connectivity index (χ1n) is 6.70. The Labute approximate surface area is 124 Å². The predicted octanol–water partition coefficient (Wildman–Crippen LogP) is 1.93. The van der Waals surface area contributed by atoms with Gasteiger partial charge in [-0.2, -0.15) is 5.10 Å². The summed E-state index contributed by atoms with van der Waals surface area (Å²) in [7, 11) is 3.42. The molecule has 112 valence electrons. The molecule has 0 radical (unpaired) electrons. The van der Waals surface area contributed by atoms with Crippen LogP contribution in [0.2, 0.25) is 0 Å². The van der Waals surface area contributed by atoms with Crippen molar-refractivity contribution in [2.75, 3.05) is 24.4 Å². The number of carbonyl (C=O) groups is 1. The molecular weight excluding hydrogens is 268 g/mol. The summed E-state index contributed by atoms with van der Waals surface area (Å²) in [6.45, 7) is 2.81. The summed E-state index contributed by atoms with van der Waals surface area (Å²) >= 11 is 0. The van der Waals surface area contributed by atoms with E-state index in [1.165, 1.54) is 7.11 Å². The molecule has 2 N–H and O–H groups in total. The van der Waals surface area contributed by atoms with Crippen LogP contribution in [0.15, 0.2) is 30.5 Å². The molecule has 0 aliphatic heterocycles. The van der Waals surface area contributed by atoms with E-state index in [1.807, 2.05) is 49.1 Å². The third-order valence-corrected chi connectivity index (χ3v) is 3.26. The smallest absolute Gasteiger partial charge is 0.250 e. The Morgan fingerprint density at radius 1 is 1.29 bits per heavy atom. The van der Waals surface area contributed by atoms with E-state index >= 15 is 0 Å². The number of rotatable bonds is 6. The largest absolute Gasteiger partial charge is 0.381 e. The van der Waals surface area contributed by atoms with Gasteiger partial charge in [0.25, 0.3) is 0 Å². The molecule has 0 aliphatic rings. The second-order valence-electron chi connectivity index (χ2n) is 4.79. The van der Waals surface area contributed by atoms with E-state index < -0.39 is 0 Å². The Hall–Kier alpha value is -2.34. The Kier molecular flexibility index (Phi) is 4.94. The van der Waals surface area contributed by atoms with Crippen molar-refractivity contribution in [3.05, 3.63) is 41.7 Å². The number of methoxy groups -OCH3 is 1. The highest BCUT2D eigenvalue weighted by Crippen LogP contribution is 2.15. The van der Waals surface area contributed by atoms with Gasteiger partial charge in [0.1, 0.15) is 6.61 Å². The van der Waals surface area contributed by atoms with Gasteiger partial charge in [-0.05, 0) is 31.2 Å². The summed E-state index contributed by atoms with van der Waals surface area (Å²) in [5.74, 6) is -0.163. The lowest BCUT2D eigenvalue weighted by Gasteiger charge is -2.08. The second kappa shape index (κ2) is 6.90. The van der Waals surface area contributed by atoms with Gasteiger partial charge in [-0.15, -0.1) is 0 Å². The number of nitrogens with one attached hydrogen (secondary N) is 2. The van der Waals surface area contributed by atoms with Crippen molar-refractivity contribution in [2.24, 2.45) is 7.05 Å². The molecule has 0 fully saturated rings. The van der Waals surface area contributed by atoms with Gasteiger partial charge in [-0.25, -0.2) is 0 Å². The van der Waals surface area contributed by atoms with Crippen LogP contribution in [0.3, 0.4) is 0 Å². The maximum absolute atomic E-state index is 11.4. The Bertz CT molecular complexity index is 605. The second-order valence-corrected chi connectivity index (χ2v) is 4.79. The molecule has 1 aromatic carbocycles. The molecule has 0 bridgehead atoms. The number of hydrogen-bond acceptors (Lipinski definition) is 4. The monoisotopic (exact) mass is 288 g/mol. The van der Waals surface area contributed by atoms with Crippen LogP contribution >= 0.6 is 0 Å². The fraction of sp³-hybridized carbons (Fsp3) is 0.333. The summed E-state index contributed by atoms with van der Waals surface area (Å²) in [5, 5.41) is 10.3. The van der Waals surface area contributed by atoms with Crippen LogP contribution in [0, 0.1) is 6.92 Å². The van der Waals surface area contributed by atoms with Gasteiger partial charge in [0.05, 0.1) is 6.20 Å². The van der Waals surface area contributed by atoms with Gasteiger partial charge < -0.3 is 15.4 Å². The van der Waals surface area contributed by atoms with Crippen LogP contribution in [0.1, 0.15) is 11.3 Å². The minimum Gasteiger partial charge on any atom is -0.381 e. The fourth-order valence-corrected chi connectivity index (χ4v) is 1.91. The van der Waals surface area contributed by atoms with Crippen LogP contribution in [0.25, 0.3) is 0 Å². The van der Waals surface area contributed by atoms with Crippen molar-refractivity contribution in [1.82, 2.24) is 9.78 Å². The number of benzene rings is 1. The molecule has 2 aromatic rings. The quantitative estimate of drug-likeness (QED) is 0.852. The van der Waals surface area contributed by atoms with E-state index in [1.54, 1.807) is 0 Å². The van der Waals surface area contributed by atoms with Crippen LogP contribution in [-0.2, 0) is 23.1 Å². The lowest BCUT2D eigenvalue weighted by molar-refractivity contribution is -0.119. The van der Waals surface area contributed by atoms with E-state index in [4.69, 9.17) is 4.74 Å². The highest BCUT2D eigenvalue weighted by atomic mass is 16.5. The Morgan fingerprint density at radius 2 is 1.95 bits per heavy atom. The minimum absolute atomic E-state index is 0.0558. The van der Waals surface area contributed by atoms with Crippen LogP contribution in [-0.4, -0.2) is 29.4 Å². The van der Waals surface area contributed by atoms with E-state index in [9.17, 15) is 4.79 Å². The van der Waals surface area contributed by atoms with Crippen LogP contribution in [0.5, 0.6) is 0 Å². The topological polar surface area (TPSA) is 68.2 Å². The molecule has 0 saturated heterocycles. The fourth-order valence-electron chi connectivity index (χ4n) is 1.91. The molecule has 6 nitrogen and oxygen atoms in total. The number of aromatic nitrogens is 2. The van der Waals surface area contributed by atoms with Crippen molar-refractivity contribution in [2.45, 2.75) is 13.5 Å². The normalized spacial score (nSPS) is 10.4. The van der Waals surface area contributed by atoms with Crippen molar-refractivity contribution >= 4 is 17.3 Å². The Morgan fingerprint density at radius 3 is 2.52 bits per heavy atom. The Balaban J connectivity index is 1.90. The van der Waals surface area contributed by atoms with Crippen LogP contribution < -0.4 is 10.6 Å². The number of nitrogens with zero attached hydrogens (tertiary/aromatic N) is 2. The van der Waals surface area contributed by atoms with Crippen molar-refractivity contribution in [1.29, 1.82) is 0 Å². The maximum atomic E-state index is 11.4. The first-order valence-corrected chi connectivity index (χ1v) is 6.70. The zero-order valence-electron chi connectivity index (χ0n) is 12.5. The van der Waals surface area contributed by atoms with Gasteiger partial charge in [-0.1, -0.05) is 0 Å². The van der Waals surface area contributed by atoms with Gasteiger partial charge in [0.2, 0.25) is 5.91 Å². The number of amides is 1. The molecule has 0 spiro atoms. The van der Waals surface area contributed by atoms with Crippen molar-refractivity contribution in [3.8, 4) is 0 Å². The molecule has 0 saturated carbocycles. The van der Waals surface area contributed by atoms with E-state index in [0.29, 0.717) is 0 Å². The molecule has 1 heterocycles. The van der Waals surface area contributed by atoms with Gasteiger partial charge in [0.15, 0.2) is 0 Å². The molecule has 6 heteroatoms. The number of ether oxygens (including phenoxy) is 1. The molecule has 0 unspecified atom stereocenters. The zero-order chi connectivity index (χ0) is 15.2. The van der Waals surface area contributed by atoms with Gasteiger partial charge >= 0.3 is 0 Å². The molecule has 2 rings (SSSR count). The molecule has 0 aliphatic carbocycles. The lowest BCUT2D eigenvalue weighted by Crippen LogP contribution is -2.16. The lowest BCUT2D eigenvalue weighted by atomic mass is 10.2. The summed E-state index contributed by atoms with van der Waals surface area (Å²) in [6, 6.07) is 7.56. The highest BCUT2D eigenvalue weighted by Gasteiger charge is 2.04. The highest BCUT2D eigenvalue weighted by molar-refractivity contribution is 5.91. The van der Waals surface area contributed by atoms with E-state index in [2.05, 4.69) is 15.7 Å². The van der Waals surface area contributed by atoms with E-state index in [-0.39, 0.29) is 12.5 Å². The molecule has 21 heavy (non-hydrogen) atoms. The molecule has 1 aromatic heterocycles. The summed E-state index contributed by atoms with van der Waals surface area (Å²) in [4.78, 5) is 11.4. The zero-order valence-corrected chi connectivity index (χ0v) is 12.5. The summed E-state index contributed by atoms with van der Waals surface area (Å²) in [6.07, 6.45) is 1.86.